The maximum atomic E-state index is 12.6. The van der Waals surface area contributed by atoms with Gasteiger partial charge in [-0.05, 0) is 43.2 Å². The van der Waals surface area contributed by atoms with Gasteiger partial charge in [0, 0.05) is 17.7 Å². The summed E-state index contributed by atoms with van der Waals surface area (Å²) in [7, 11) is -0.292. The number of hydrogen-bond donors (Lipinski definition) is 1. The molecule has 0 saturated carbocycles. The SMILES string of the molecule is COc1ccccc1C(=CCCNS(=O)(=O)c1ccc(C)cc1)c1ccccc1OC. The number of para-hydroxylation sites is 2. The molecule has 0 heterocycles. The molecule has 6 heteroatoms. The summed E-state index contributed by atoms with van der Waals surface area (Å²) in [6.45, 7) is 2.19. The minimum absolute atomic E-state index is 0.261. The number of methoxy groups -OCH3 is 2. The van der Waals surface area contributed by atoms with Crippen LogP contribution in [0.2, 0.25) is 0 Å². The summed E-state index contributed by atoms with van der Waals surface area (Å²) >= 11 is 0. The minimum atomic E-state index is -3.56. The van der Waals surface area contributed by atoms with Gasteiger partial charge in [-0.2, -0.15) is 0 Å². The van der Waals surface area contributed by atoms with Gasteiger partial charge in [-0.25, -0.2) is 13.1 Å². The predicted molar refractivity (Wildman–Crippen MR) is 124 cm³/mol. The first-order chi connectivity index (χ1) is 15.0. The molecule has 0 radical (unpaired) electrons. The summed E-state index contributed by atoms with van der Waals surface area (Å²) < 4.78 is 38.9. The van der Waals surface area contributed by atoms with E-state index in [2.05, 4.69) is 4.72 Å². The Kier molecular flexibility index (Phi) is 7.50. The van der Waals surface area contributed by atoms with Gasteiger partial charge < -0.3 is 9.47 Å². The molecular weight excluding hydrogens is 410 g/mol. The van der Waals surface area contributed by atoms with E-state index in [4.69, 9.17) is 9.47 Å². The van der Waals surface area contributed by atoms with Crippen molar-refractivity contribution in [3.8, 4) is 11.5 Å². The lowest BCUT2D eigenvalue weighted by molar-refractivity contribution is 0.411. The fourth-order valence-corrected chi connectivity index (χ4v) is 4.36. The predicted octanol–water partition coefficient (Wildman–Crippen LogP) is 4.81. The lowest BCUT2D eigenvalue weighted by Gasteiger charge is -2.16. The zero-order chi connectivity index (χ0) is 22.3. The Morgan fingerprint density at radius 2 is 1.35 bits per heavy atom. The Morgan fingerprint density at radius 3 is 1.87 bits per heavy atom. The van der Waals surface area contributed by atoms with Gasteiger partial charge in [0.25, 0.3) is 0 Å². The molecule has 3 aromatic carbocycles. The van der Waals surface area contributed by atoms with Crippen LogP contribution >= 0.6 is 0 Å². The summed E-state index contributed by atoms with van der Waals surface area (Å²) in [4.78, 5) is 0.261. The van der Waals surface area contributed by atoms with Crippen LogP contribution in [-0.4, -0.2) is 29.2 Å². The van der Waals surface area contributed by atoms with Crippen LogP contribution in [0.5, 0.6) is 11.5 Å². The molecule has 1 N–H and O–H groups in total. The van der Waals surface area contributed by atoms with Crippen molar-refractivity contribution in [2.45, 2.75) is 18.2 Å². The Balaban J connectivity index is 1.87. The molecule has 0 aliphatic heterocycles. The van der Waals surface area contributed by atoms with Gasteiger partial charge in [-0.1, -0.05) is 60.2 Å². The number of hydrogen-bond acceptors (Lipinski definition) is 4. The van der Waals surface area contributed by atoms with Gasteiger partial charge in [0.05, 0.1) is 19.1 Å². The summed E-state index contributed by atoms with van der Waals surface area (Å²) in [6.07, 6.45) is 2.50. The molecule has 0 aromatic heterocycles. The summed E-state index contributed by atoms with van der Waals surface area (Å²) in [5, 5.41) is 0. The zero-order valence-electron chi connectivity index (χ0n) is 18.0. The number of sulfonamides is 1. The van der Waals surface area contributed by atoms with E-state index >= 15 is 0 Å². The third kappa shape index (κ3) is 5.54. The van der Waals surface area contributed by atoms with Crippen LogP contribution in [0, 0.1) is 6.92 Å². The van der Waals surface area contributed by atoms with Crippen molar-refractivity contribution < 1.29 is 17.9 Å². The average Bonchev–Trinajstić information content (AvgIpc) is 2.79. The molecule has 0 atom stereocenters. The third-order valence-electron chi connectivity index (χ3n) is 4.91. The van der Waals surface area contributed by atoms with E-state index in [0.717, 1.165) is 33.8 Å². The second kappa shape index (κ2) is 10.3. The first-order valence-corrected chi connectivity index (χ1v) is 11.5. The van der Waals surface area contributed by atoms with Gasteiger partial charge in [0.15, 0.2) is 0 Å². The fourth-order valence-electron chi connectivity index (χ4n) is 3.31. The van der Waals surface area contributed by atoms with Crippen molar-refractivity contribution >= 4 is 15.6 Å². The van der Waals surface area contributed by atoms with Gasteiger partial charge in [0.1, 0.15) is 11.5 Å². The van der Waals surface area contributed by atoms with Crippen molar-refractivity contribution in [2.75, 3.05) is 20.8 Å². The maximum Gasteiger partial charge on any atom is 0.240 e. The molecule has 3 rings (SSSR count). The van der Waals surface area contributed by atoms with E-state index in [1.807, 2.05) is 61.5 Å². The minimum Gasteiger partial charge on any atom is -0.496 e. The van der Waals surface area contributed by atoms with Crippen LogP contribution in [0.15, 0.2) is 83.8 Å². The van der Waals surface area contributed by atoms with E-state index in [1.54, 1.807) is 38.5 Å². The van der Waals surface area contributed by atoms with Crippen LogP contribution in [0.1, 0.15) is 23.1 Å². The molecule has 162 valence electrons. The quantitative estimate of drug-likeness (QED) is 0.488. The van der Waals surface area contributed by atoms with Crippen molar-refractivity contribution in [1.29, 1.82) is 0 Å². The zero-order valence-corrected chi connectivity index (χ0v) is 18.8. The third-order valence-corrected chi connectivity index (χ3v) is 6.39. The Bertz CT molecular complexity index is 1100. The number of aryl methyl sites for hydroxylation is 1. The topological polar surface area (TPSA) is 64.6 Å². The van der Waals surface area contributed by atoms with Crippen LogP contribution in [0.4, 0.5) is 0 Å². The molecule has 0 amide bonds. The van der Waals surface area contributed by atoms with E-state index in [9.17, 15) is 8.42 Å². The van der Waals surface area contributed by atoms with Crippen molar-refractivity contribution in [1.82, 2.24) is 4.72 Å². The van der Waals surface area contributed by atoms with E-state index in [1.165, 1.54) is 0 Å². The molecule has 0 bridgehead atoms. The van der Waals surface area contributed by atoms with Crippen LogP contribution in [0.3, 0.4) is 0 Å². The maximum absolute atomic E-state index is 12.6. The molecule has 0 saturated heterocycles. The molecule has 0 aliphatic carbocycles. The number of rotatable bonds is 9. The smallest absolute Gasteiger partial charge is 0.240 e. The molecule has 0 unspecified atom stereocenters. The van der Waals surface area contributed by atoms with E-state index in [0.29, 0.717) is 6.42 Å². The summed E-state index contributed by atoms with van der Waals surface area (Å²) in [5.74, 6) is 1.47. The van der Waals surface area contributed by atoms with E-state index in [-0.39, 0.29) is 11.4 Å². The fraction of sp³-hybridized carbons (Fsp3) is 0.200. The summed E-state index contributed by atoms with van der Waals surface area (Å²) in [5.41, 5.74) is 3.76. The average molecular weight is 438 g/mol. The van der Waals surface area contributed by atoms with Gasteiger partial charge >= 0.3 is 0 Å². The summed E-state index contributed by atoms with van der Waals surface area (Å²) in [6, 6.07) is 22.3. The lowest BCUT2D eigenvalue weighted by Crippen LogP contribution is -2.24. The Morgan fingerprint density at radius 1 is 0.839 bits per heavy atom. The molecular formula is C25H27NO4S. The highest BCUT2D eigenvalue weighted by molar-refractivity contribution is 7.89. The molecule has 0 aliphatic rings. The van der Waals surface area contributed by atoms with Crippen molar-refractivity contribution in [3.63, 3.8) is 0 Å². The monoisotopic (exact) mass is 437 g/mol. The highest BCUT2D eigenvalue weighted by atomic mass is 32.2. The van der Waals surface area contributed by atoms with Gasteiger partial charge in [-0.15, -0.1) is 0 Å². The number of benzene rings is 3. The largest absolute Gasteiger partial charge is 0.496 e. The first-order valence-electron chi connectivity index (χ1n) is 9.99. The van der Waals surface area contributed by atoms with Gasteiger partial charge in [-0.3, -0.25) is 0 Å². The van der Waals surface area contributed by atoms with E-state index < -0.39 is 10.0 Å². The van der Waals surface area contributed by atoms with Crippen LogP contribution in [0.25, 0.3) is 5.57 Å². The van der Waals surface area contributed by atoms with Crippen molar-refractivity contribution in [3.05, 3.63) is 95.6 Å². The highest BCUT2D eigenvalue weighted by Gasteiger charge is 2.15. The standard InChI is InChI=1S/C25H27NO4S/c1-19-14-16-20(17-15-19)31(27,28)26-18-8-11-21(22-9-4-6-12-24(22)29-2)23-10-5-7-13-25(23)30-3/h4-7,9-17,26H,8,18H2,1-3H3. The molecule has 0 spiro atoms. The Labute approximate surface area is 184 Å². The number of nitrogens with one attached hydrogen (secondary N) is 1. The second-order valence-corrected chi connectivity index (χ2v) is 8.78. The second-order valence-electron chi connectivity index (χ2n) is 7.02. The van der Waals surface area contributed by atoms with Crippen LogP contribution in [-0.2, 0) is 10.0 Å². The first kappa shape index (κ1) is 22.6. The highest BCUT2D eigenvalue weighted by Crippen LogP contribution is 2.35. The Hall–Kier alpha value is -3.09. The van der Waals surface area contributed by atoms with Crippen molar-refractivity contribution in [2.24, 2.45) is 0 Å². The molecule has 0 fully saturated rings. The number of ether oxygens (including phenoxy) is 2. The lowest BCUT2D eigenvalue weighted by atomic mass is 9.95. The molecule has 31 heavy (non-hydrogen) atoms. The van der Waals surface area contributed by atoms with Gasteiger partial charge in [0.2, 0.25) is 10.0 Å². The van der Waals surface area contributed by atoms with Crippen LogP contribution < -0.4 is 14.2 Å². The molecule has 3 aromatic rings. The molecule has 5 nitrogen and oxygen atoms in total. The normalized spacial score (nSPS) is 11.1.